The van der Waals surface area contributed by atoms with Gasteiger partial charge >= 0.3 is 0 Å². The number of aliphatic hydroxyl groups excluding tert-OH is 2. The molecule has 0 aromatic heterocycles. The van der Waals surface area contributed by atoms with Crippen LogP contribution < -0.4 is 0 Å². The van der Waals surface area contributed by atoms with E-state index in [0.717, 1.165) is 17.5 Å². The molecular weight excluding hydrogens is 268 g/mol. The number of aliphatic hydroxyl groups is 2. The van der Waals surface area contributed by atoms with Crippen LogP contribution in [0.2, 0.25) is 0 Å². The number of hydrogen-bond donors (Lipinski definition) is 4. The second-order valence-corrected chi connectivity index (χ2v) is 5.15. The summed E-state index contributed by atoms with van der Waals surface area (Å²) < 4.78 is 0. The predicted molar refractivity (Wildman–Crippen MR) is 80.4 cm³/mol. The molecule has 112 valence electrons. The van der Waals surface area contributed by atoms with E-state index >= 15 is 0 Å². The summed E-state index contributed by atoms with van der Waals surface area (Å²) >= 11 is 0. The molecule has 4 nitrogen and oxygen atoms in total. The van der Waals surface area contributed by atoms with Crippen LogP contribution in [0, 0.1) is 0 Å². The van der Waals surface area contributed by atoms with Gasteiger partial charge in [0.1, 0.15) is 11.5 Å². The summed E-state index contributed by atoms with van der Waals surface area (Å²) in [5.74, 6) is 0.197. The van der Waals surface area contributed by atoms with Crippen LogP contribution in [0.15, 0.2) is 48.5 Å². The molecule has 2 aromatic carbocycles. The Morgan fingerprint density at radius 2 is 1.33 bits per heavy atom. The van der Waals surface area contributed by atoms with E-state index in [2.05, 4.69) is 0 Å². The Morgan fingerprint density at radius 3 is 1.86 bits per heavy atom. The molecule has 0 aliphatic carbocycles. The van der Waals surface area contributed by atoms with Gasteiger partial charge in [-0.1, -0.05) is 24.3 Å². The van der Waals surface area contributed by atoms with Gasteiger partial charge in [-0.3, -0.25) is 0 Å². The van der Waals surface area contributed by atoms with Gasteiger partial charge in [0.15, 0.2) is 0 Å². The molecule has 0 saturated carbocycles. The highest BCUT2D eigenvalue weighted by molar-refractivity contribution is 5.30. The standard InChI is InChI=1S/C17H20O4/c18-11-17(21)16(13-4-8-15(20)9-5-13)10-3-12-1-6-14(19)7-2-12/h1-2,4-9,16-21H,3,10-11H2. The smallest absolute Gasteiger partial charge is 0.115 e. The van der Waals surface area contributed by atoms with Crippen LogP contribution in [0.3, 0.4) is 0 Å². The van der Waals surface area contributed by atoms with Gasteiger partial charge in [0.2, 0.25) is 0 Å². The number of phenols is 2. The van der Waals surface area contributed by atoms with Crippen molar-refractivity contribution in [3.05, 3.63) is 59.7 Å². The molecule has 0 heterocycles. The zero-order chi connectivity index (χ0) is 15.2. The third-order valence-corrected chi connectivity index (χ3v) is 3.65. The van der Waals surface area contributed by atoms with E-state index in [1.54, 1.807) is 36.4 Å². The Balaban J connectivity index is 2.09. The molecule has 0 radical (unpaired) electrons. The molecule has 2 atom stereocenters. The van der Waals surface area contributed by atoms with E-state index in [4.69, 9.17) is 0 Å². The van der Waals surface area contributed by atoms with Crippen molar-refractivity contribution in [2.75, 3.05) is 6.61 Å². The first-order valence-corrected chi connectivity index (χ1v) is 6.96. The van der Waals surface area contributed by atoms with Crippen LogP contribution in [-0.2, 0) is 6.42 Å². The number of phenolic OH excluding ortho intramolecular Hbond substituents is 2. The number of hydrogen-bond acceptors (Lipinski definition) is 4. The van der Waals surface area contributed by atoms with E-state index in [-0.39, 0.29) is 24.0 Å². The zero-order valence-electron chi connectivity index (χ0n) is 11.7. The van der Waals surface area contributed by atoms with Crippen LogP contribution in [-0.4, -0.2) is 33.1 Å². The SMILES string of the molecule is OCC(O)C(CCc1ccc(O)cc1)c1ccc(O)cc1. The first kappa shape index (κ1) is 15.4. The molecule has 0 spiro atoms. The third-order valence-electron chi connectivity index (χ3n) is 3.65. The minimum Gasteiger partial charge on any atom is -0.508 e. The largest absolute Gasteiger partial charge is 0.508 e. The van der Waals surface area contributed by atoms with Crippen molar-refractivity contribution < 1.29 is 20.4 Å². The van der Waals surface area contributed by atoms with E-state index < -0.39 is 6.10 Å². The predicted octanol–water partition coefficient (Wildman–Crippen LogP) is 2.17. The molecule has 2 unspecified atom stereocenters. The molecular formula is C17H20O4. The Morgan fingerprint density at radius 1 is 0.810 bits per heavy atom. The van der Waals surface area contributed by atoms with Crippen molar-refractivity contribution in [1.29, 1.82) is 0 Å². The molecule has 2 rings (SSSR count). The lowest BCUT2D eigenvalue weighted by Crippen LogP contribution is -2.23. The molecule has 0 saturated heterocycles. The second-order valence-electron chi connectivity index (χ2n) is 5.15. The van der Waals surface area contributed by atoms with Gasteiger partial charge in [0, 0.05) is 5.92 Å². The van der Waals surface area contributed by atoms with Gasteiger partial charge in [-0.15, -0.1) is 0 Å². The van der Waals surface area contributed by atoms with Gasteiger partial charge in [0.25, 0.3) is 0 Å². The summed E-state index contributed by atoms with van der Waals surface area (Å²) in [5, 5.41) is 37.8. The van der Waals surface area contributed by atoms with Gasteiger partial charge < -0.3 is 20.4 Å². The number of rotatable bonds is 6. The summed E-state index contributed by atoms with van der Waals surface area (Å²) in [6.45, 7) is -0.304. The summed E-state index contributed by atoms with van der Waals surface area (Å²) in [4.78, 5) is 0. The third kappa shape index (κ3) is 4.21. The zero-order valence-corrected chi connectivity index (χ0v) is 11.7. The van der Waals surface area contributed by atoms with Gasteiger partial charge in [-0.2, -0.15) is 0 Å². The van der Waals surface area contributed by atoms with E-state index in [0.29, 0.717) is 6.42 Å². The highest BCUT2D eigenvalue weighted by Crippen LogP contribution is 2.27. The number of aryl methyl sites for hydroxylation is 1. The van der Waals surface area contributed by atoms with Crippen LogP contribution in [0.4, 0.5) is 0 Å². The van der Waals surface area contributed by atoms with Crippen LogP contribution in [0.1, 0.15) is 23.5 Å². The lowest BCUT2D eigenvalue weighted by Gasteiger charge is -2.22. The fourth-order valence-electron chi connectivity index (χ4n) is 2.41. The highest BCUT2D eigenvalue weighted by atomic mass is 16.3. The topological polar surface area (TPSA) is 80.9 Å². The Bertz CT molecular complexity index is 548. The molecule has 0 amide bonds. The number of aromatic hydroxyl groups is 2. The summed E-state index contributed by atoms with van der Waals surface area (Å²) in [5.41, 5.74) is 1.94. The van der Waals surface area contributed by atoms with Crippen molar-refractivity contribution in [2.45, 2.75) is 24.9 Å². The van der Waals surface area contributed by atoms with Gasteiger partial charge in [0.05, 0.1) is 12.7 Å². The van der Waals surface area contributed by atoms with Crippen molar-refractivity contribution >= 4 is 0 Å². The molecule has 4 heteroatoms. The van der Waals surface area contributed by atoms with Gasteiger partial charge in [-0.25, -0.2) is 0 Å². The maximum atomic E-state index is 10.0. The average molecular weight is 288 g/mol. The maximum Gasteiger partial charge on any atom is 0.115 e. The minimum atomic E-state index is -0.841. The van der Waals surface area contributed by atoms with Crippen molar-refractivity contribution in [2.24, 2.45) is 0 Å². The van der Waals surface area contributed by atoms with Crippen LogP contribution in [0.5, 0.6) is 11.5 Å². The van der Waals surface area contributed by atoms with Gasteiger partial charge in [-0.05, 0) is 48.2 Å². The quantitative estimate of drug-likeness (QED) is 0.656. The number of benzene rings is 2. The summed E-state index contributed by atoms with van der Waals surface area (Å²) in [6, 6.07) is 13.6. The molecule has 4 N–H and O–H groups in total. The lowest BCUT2D eigenvalue weighted by atomic mass is 9.88. The maximum absolute atomic E-state index is 10.0. The monoisotopic (exact) mass is 288 g/mol. The van der Waals surface area contributed by atoms with Crippen LogP contribution in [0.25, 0.3) is 0 Å². The van der Waals surface area contributed by atoms with Crippen molar-refractivity contribution in [1.82, 2.24) is 0 Å². The summed E-state index contributed by atoms with van der Waals surface area (Å²) in [7, 11) is 0. The lowest BCUT2D eigenvalue weighted by molar-refractivity contribution is 0.0700. The first-order valence-electron chi connectivity index (χ1n) is 6.96. The molecule has 21 heavy (non-hydrogen) atoms. The van der Waals surface area contributed by atoms with E-state index in [9.17, 15) is 20.4 Å². The Kier molecular flexibility index (Phi) is 5.20. The van der Waals surface area contributed by atoms with E-state index in [1.807, 2.05) is 12.1 Å². The fraction of sp³-hybridized carbons (Fsp3) is 0.294. The van der Waals surface area contributed by atoms with Crippen molar-refractivity contribution in [3.63, 3.8) is 0 Å². The van der Waals surface area contributed by atoms with Crippen molar-refractivity contribution in [3.8, 4) is 11.5 Å². The minimum absolute atomic E-state index is 0.175. The average Bonchev–Trinajstić information content (AvgIpc) is 2.50. The molecule has 0 aliphatic rings. The molecule has 0 fully saturated rings. The normalized spacial score (nSPS) is 13.8. The summed E-state index contributed by atoms with van der Waals surface area (Å²) in [6.07, 6.45) is 0.548. The Labute approximate surface area is 123 Å². The Hall–Kier alpha value is -2.04. The molecule has 0 aliphatic heterocycles. The fourth-order valence-corrected chi connectivity index (χ4v) is 2.41. The molecule has 2 aromatic rings. The first-order chi connectivity index (χ1) is 10.1. The van der Waals surface area contributed by atoms with E-state index in [1.165, 1.54) is 0 Å². The highest BCUT2D eigenvalue weighted by Gasteiger charge is 2.20. The van der Waals surface area contributed by atoms with Crippen LogP contribution >= 0.6 is 0 Å². The molecule has 0 bridgehead atoms. The second kappa shape index (κ2) is 7.11.